The number of hydrogen-bond donors (Lipinski definition) is 1. The minimum atomic E-state index is -0.982. The standard InChI is InChI=1S/C37H29BrN2O6S2/c1-3-45-36(44)31-32(24-7-5-4-6-8-24)39-37-40(33(31)25-14-16-27(47-2)17-15-25)34(41)30(48-37)20-23-11-18-29(28(38)19-23)46-21-22-9-12-26(13-10-22)35(42)43/h4-20,33H,3,21H2,1-2H3,(H,42,43)/b30-20+/t33-/m0/s1. The highest BCUT2D eigenvalue weighted by atomic mass is 79.9. The van der Waals surface area contributed by atoms with Gasteiger partial charge in [0.15, 0.2) is 4.80 Å². The summed E-state index contributed by atoms with van der Waals surface area (Å²) in [5, 5.41) is 9.12. The molecule has 11 heteroatoms. The van der Waals surface area contributed by atoms with E-state index in [1.54, 1.807) is 47.5 Å². The number of benzene rings is 4. The van der Waals surface area contributed by atoms with Gasteiger partial charge in [0.05, 0.1) is 38.5 Å². The first-order valence-corrected chi connectivity index (χ1v) is 17.8. The van der Waals surface area contributed by atoms with Crippen molar-refractivity contribution in [3.8, 4) is 5.75 Å². The zero-order valence-electron chi connectivity index (χ0n) is 25.9. The molecule has 1 aromatic heterocycles. The number of rotatable bonds is 10. The molecule has 0 saturated heterocycles. The lowest BCUT2D eigenvalue weighted by molar-refractivity contribution is -0.138. The topological polar surface area (TPSA) is 107 Å². The van der Waals surface area contributed by atoms with Crippen LogP contribution in [0.15, 0.2) is 122 Å². The SMILES string of the molecule is CCOC(=O)C1=C(c2ccccc2)N=c2s/c(=C/c3ccc(OCc4ccc(C(=O)O)cc4)c(Br)c3)c(=O)n2[C@H]1c1ccc(SC)cc1. The largest absolute Gasteiger partial charge is 0.488 e. The number of aromatic carboxylic acids is 1. The van der Waals surface area contributed by atoms with E-state index in [9.17, 15) is 14.4 Å². The fourth-order valence-electron chi connectivity index (χ4n) is 5.32. The van der Waals surface area contributed by atoms with E-state index in [2.05, 4.69) is 15.9 Å². The van der Waals surface area contributed by atoms with Gasteiger partial charge in [-0.15, -0.1) is 11.8 Å². The van der Waals surface area contributed by atoms with Crippen LogP contribution in [0.5, 0.6) is 5.75 Å². The smallest absolute Gasteiger partial charge is 0.338 e. The molecule has 8 nitrogen and oxygen atoms in total. The van der Waals surface area contributed by atoms with E-state index in [4.69, 9.17) is 19.6 Å². The summed E-state index contributed by atoms with van der Waals surface area (Å²) in [7, 11) is 0. The molecule has 0 radical (unpaired) electrons. The van der Waals surface area contributed by atoms with E-state index < -0.39 is 18.0 Å². The predicted molar refractivity (Wildman–Crippen MR) is 191 cm³/mol. The summed E-state index contributed by atoms with van der Waals surface area (Å²) in [5.41, 5.74) is 3.83. The van der Waals surface area contributed by atoms with Gasteiger partial charge in [-0.25, -0.2) is 14.6 Å². The first-order valence-electron chi connectivity index (χ1n) is 14.9. The molecule has 1 aliphatic heterocycles. The lowest BCUT2D eigenvalue weighted by Crippen LogP contribution is -2.40. The maximum absolute atomic E-state index is 14.2. The normalized spacial score (nSPS) is 14.3. The molecule has 4 aromatic carbocycles. The Kier molecular flexibility index (Phi) is 10.1. The second-order valence-electron chi connectivity index (χ2n) is 10.7. The van der Waals surface area contributed by atoms with Crippen molar-refractivity contribution < 1.29 is 24.2 Å². The van der Waals surface area contributed by atoms with E-state index in [1.165, 1.54) is 23.5 Å². The van der Waals surface area contributed by atoms with Gasteiger partial charge in [-0.2, -0.15) is 0 Å². The molecule has 5 aromatic rings. The van der Waals surface area contributed by atoms with E-state index >= 15 is 0 Å². The summed E-state index contributed by atoms with van der Waals surface area (Å²) in [6.07, 6.45) is 3.79. The highest BCUT2D eigenvalue weighted by molar-refractivity contribution is 9.10. The maximum Gasteiger partial charge on any atom is 0.338 e. The van der Waals surface area contributed by atoms with Crippen molar-refractivity contribution in [2.75, 3.05) is 12.9 Å². The van der Waals surface area contributed by atoms with Crippen molar-refractivity contribution in [3.05, 3.63) is 155 Å². The third-order valence-electron chi connectivity index (χ3n) is 7.65. The molecule has 1 atom stereocenters. The number of ether oxygens (including phenoxy) is 2. The number of hydrogen-bond acceptors (Lipinski definition) is 8. The Morgan fingerprint density at radius 3 is 2.40 bits per heavy atom. The van der Waals surface area contributed by atoms with E-state index in [-0.39, 0.29) is 24.3 Å². The number of esters is 1. The second-order valence-corrected chi connectivity index (χ2v) is 13.4. The van der Waals surface area contributed by atoms with Crippen LogP contribution in [0.4, 0.5) is 0 Å². The van der Waals surface area contributed by atoms with Crippen LogP contribution in [0.25, 0.3) is 11.8 Å². The number of carbonyl (C=O) groups excluding carboxylic acids is 1. The zero-order chi connectivity index (χ0) is 33.8. The highest BCUT2D eigenvalue weighted by Crippen LogP contribution is 2.36. The Labute approximate surface area is 292 Å². The molecule has 0 aliphatic carbocycles. The molecule has 48 heavy (non-hydrogen) atoms. The van der Waals surface area contributed by atoms with Gasteiger partial charge in [-0.1, -0.05) is 72.0 Å². The molecule has 2 heterocycles. The van der Waals surface area contributed by atoms with Crippen LogP contribution in [-0.2, 0) is 16.1 Å². The van der Waals surface area contributed by atoms with Crippen LogP contribution in [0.1, 0.15) is 45.6 Å². The molecule has 0 saturated carbocycles. The minimum absolute atomic E-state index is 0.179. The van der Waals surface area contributed by atoms with Crippen LogP contribution in [0.3, 0.4) is 0 Å². The first-order chi connectivity index (χ1) is 23.3. The van der Waals surface area contributed by atoms with Gasteiger partial charge >= 0.3 is 11.9 Å². The lowest BCUT2D eigenvalue weighted by Gasteiger charge is -2.26. The summed E-state index contributed by atoms with van der Waals surface area (Å²) < 4.78 is 14.3. The van der Waals surface area contributed by atoms with Gasteiger partial charge in [0, 0.05) is 10.5 Å². The predicted octanol–water partition coefficient (Wildman–Crippen LogP) is 6.70. The number of carboxylic acid groups (broad SMARTS) is 1. The van der Waals surface area contributed by atoms with E-state index in [0.717, 1.165) is 27.1 Å². The van der Waals surface area contributed by atoms with Crippen LogP contribution < -0.4 is 19.6 Å². The molecule has 6 rings (SSSR count). The summed E-state index contributed by atoms with van der Waals surface area (Å²) in [6.45, 7) is 2.19. The zero-order valence-corrected chi connectivity index (χ0v) is 29.1. The molecule has 1 N–H and O–H groups in total. The fourth-order valence-corrected chi connectivity index (χ4v) is 7.24. The summed E-state index contributed by atoms with van der Waals surface area (Å²) in [5.74, 6) is -0.911. The average Bonchev–Trinajstić information content (AvgIpc) is 3.41. The molecule has 0 fully saturated rings. The molecule has 242 valence electrons. The number of carbonyl (C=O) groups is 2. The highest BCUT2D eigenvalue weighted by Gasteiger charge is 2.35. The van der Waals surface area contributed by atoms with Crippen molar-refractivity contribution >= 4 is 62.7 Å². The third-order valence-corrected chi connectivity index (χ3v) is 10.0. The average molecular weight is 742 g/mol. The Morgan fingerprint density at radius 1 is 1.02 bits per heavy atom. The van der Waals surface area contributed by atoms with Crippen LogP contribution >= 0.6 is 39.0 Å². The Hall–Kier alpha value is -4.71. The monoisotopic (exact) mass is 740 g/mol. The number of halogens is 1. The van der Waals surface area contributed by atoms with Gasteiger partial charge < -0.3 is 14.6 Å². The number of fused-ring (bicyclic) bond motifs is 1. The quantitative estimate of drug-likeness (QED) is 0.126. The van der Waals surface area contributed by atoms with Crippen molar-refractivity contribution in [1.82, 2.24) is 4.57 Å². The lowest BCUT2D eigenvalue weighted by atomic mass is 9.93. The minimum Gasteiger partial charge on any atom is -0.488 e. The van der Waals surface area contributed by atoms with Gasteiger partial charge in [0.1, 0.15) is 12.4 Å². The maximum atomic E-state index is 14.2. The molecule has 0 spiro atoms. The van der Waals surface area contributed by atoms with Crippen molar-refractivity contribution in [2.24, 2.45) is 4.99 Å². The van der Waals surface area contributed by atoms with E-state index in [1.807, 2.05) is 73.0 Å². The molecule has 0 amide bonds. The number of carboxylic acids is 1. The summed E-state index contributed by atoms with van der Waals surface area (Å²) in [6, 6.07) is 28.6. The first kappa shape index (κ1) is 33.2. The molecular formula is C37H29BrN2O6S2. The number of aromatic nitrogens is 1. The molecule has 0 bridgehead atoms. The number of thioether (sulfide) groups is 1. The Morgan fingerprint density at radius 2 is 1.75 bits per heavy atom. The van der Waals surface area contributed by atoms with Crippen molar-refractivity contribution in [1.29, 1.82) is 0 Å². The van der Waals surface area contributed by atoms with Crippen LogP contribution in [0, 0.1) is 0 Å². The van der Waals surface area contributed by atoms with Gasteiger partial charge in [0.25, 0.3) is 5.56 Å². The number of nitrogens with zero attached hydrogens (tertiary/aromatic N) is 2. The van der Waals surface area contributed by atoms with Crippen LogP contribution in [0.2, 0.25) is 0 Å². The van der Waals surface area contributed by atoms with E-state index in [0.29, 0.717) is 30.8 Å². The Bertz CT molecular complexity index is 2210. The second kappa shape index (κ2) is 14.6. The summed E-state index contributed by atoms with van der Waals surface area (Å²) >= 11 is 6.45. The van der Waals surface area contributed by atoms with Crippen LogP contribution in [-0.4, -0.2) is 34.5 Å². The third kappa shape index (κ3) is 6.94. The van der Waals surface area contributed by atoms with Gasteiger partial charge in [-0.05, 0) is 88.3 Å². The number of thiazole rings is 1. The fraction of sp³-hybridized carbons (Fsp3) is 0.135. The Balaban J connectivity index is 1.41. The molecule has 0 unspecified atom stereocenters. The molecule has 1 aliphatic rings. The molecular weight excluding hydrogens is 712 g/mol. The van der Waals surface area contributed by atoms with Gasteiger partial charge in [-0.3, -0.25) is 9.36 Å². The van der Waals surface area contributed by atoms with Crippen molar-refractivity contribution in [2.45, 2.75) is 24.5 Å². The summed E-state index contributed by atoms with van der Waals surface area (Å²) in [4.78, 5) is 45.4. The van der Waals surface area contributed by atoms with Crippen molar-refractivity contribution in [3.63, 3.8) is 0 Å². The van der Waals surface area contributed by atoms with Gasteiger partial charge in [0.2, 0.25) is 0 Å².